The molecule has 0 aliphatic carbocycles. The van der Waals surface area contributed by atoms with Gasteiger partial charge in [-0.2, -0.15) is 0 Å². The van der Waals surface area contributed by atoms with Crippen molar-refractivity contribution in [2.45, 2.75) is 51.9 Å². The number of benzene rings is 1. The fourth-order valence-corrected chi connectivity index (χ4v) is 2.34. The molecule has 0 spiro atoms. The molecule has 1 aromatic carbocycles. The number of carboxylic acid groups (broad SMARTS) is 2. The molecule has 4 nitrogen and oxygen atoms in total. The Morgan fingerprint density at radius 2 is 1.52 bits per heavy atom. The van der Waals surface area contributed by atoms with Crippen molar-refractivity contribution in [1.29, 1.82) is 0 Å². The Labute approximate surface area is 167 Å². The molecule has 0 heterocycles. The average Bonchev–Trinajstić information content (AvgIpc) is 2.49. The summed E-state index contributed by atoms with van der Waals surface area (Å²) in [6.07, 6.45) is 8.83. The van der Waals surface area contributed by atoms with Gasteiger partial charge in [-0.05, 0) is 30.0 Å². The predicted molar refractivity (Wildman–Crippen MR) is 87.3 cm³/mol. The molecule has 0 bridgehead atoms. The average molecular weight is 342 g/mol. The second-order valence-electron chi connectivity index (χ2n) is 5.38. The van der Waals surface area contributed by atoms with Crippen LogP contribution in [0.5, 0.6) is 0 Å². The predicted octanol–water partition coefficient (Wildman–Crippen LogP) is 1.09. The van der Waals surface area contributed by atoms with Crippen LogP contribution in [0.1, 0.15) is 56.6 Å². The van der Waals surface area contributed by atoms with E-state index < -0.39 is 11.9 Å². The first kappa shape index (κ1) is 22.2. The summed E-state index contributed by atoms with van der Waals surface area (Å²) in [6, 6.07) is 6.87. The summed E-state index contributed by atoms with van der Waals surface area (Å²) in [5, 5.41) is 21.5. The summed E-state index contributed by atoms with van der Waals surface area (Å²) < 4.78 is 0. The Kier molecular flexibility index (Phi) is 12.1. The van der Waals surface area contributed by atoms with Crippen molar-refractivity contribution >= 4 is 55.2 Å². The maximum Gasteiger partial charge on any atom is 2.00 e. The van der Waals surface area contributed by atoms with E-state index in [2.05, 4.69) is 6.92 Å². The van der Waals surface area contributed by atoms with E-state index in [4.69, 9.17) is 0 Å². The van der Waals surface area contributed by atoms with Gasteiger partial charge < -0.3 is 19.8 Å². The second-order valence-corrected chi connectivity index (χ2v) is 5.38. The molecule has 0 aromatic heterocycles. The Morgan fingerprint density at radius 1 is 0.957 bits per heavy atom. The van der Waals surface area contributed by atoms with Gasteiger partial charge in [0.25, 0.3) is 0 Å². The first-order chi connectivity index (χ1) is 10.5. The van der Waals surface area contributed by atoms with E-state index in [1.165, 1.54) is 32.1 Å². The zero-order valence-electron chi connectivity index (χ0n) is 13.7. The second kappa shape index (κ2) is 12.6. The zero-order chi connectivity index (χ0) is 16.4. The van der Waals surface area contributed by atoms with Crippen molar-refractivity contribution in [2.75, 3.05) is 0 Å². The van der Waals surface area contributed by atoms with Gasteiger partial charge in [0.2, 0.25) is 0 Å². The van der Waals surface area contributed by atoms with E-state index in [0.29, 0.717) is 11.6 Å². The van der Waals surface area contributed by atoms with Crippen molar-refractivity contribution in [1.82, 2.24) is 0 Å². The van der Waals surface area contributed by atoms with Crippen molar-refractivity contribution in [3.05, 3.63) is 41.5 Å². The fraction of sp³-hybridized carbons (Fsp3) is 0.444. The fourth-order valence-electron chi connectivity index (χ4n) is 2.34. The largest absolute Gasteiger partial charge is 2.00 e. The Balaban J connectivity index is 0.00000484. The monoisotopic (exact) mass is 342 g/mol. The van der Waals surface area contributed by atoms with Crippen LogP contribution >= 0.6 is 0 Å². The number of hydrogen-bond donors (Lipinski definition) is 0. The molecule has 1 aromatic rings. The number of carboxylic acids is 2. The molecule has 23 heavy (non-hydrogen) atoms. The van der Waals surface area contributed by atoms with E-state index in [0.717, 1.165) is 18.4 Å². The Hall–Kier alpha value is -0.840. The topological polar surface area (TPSA) is 80.3 Å². The molecule has 0 amide bonds. The molecule has 0 fully saturated rings. The summed E-state index contributed by atoms with van der Waals surface area (Å²) in [7, 11) is 0. The molecule has 120 valence electrons. The van der Waals surface area contributed by atoms with Crippen LogP contribution < -0.4 is 10.2 Å². The van der Waals surface area contributed by atoms with Crippen LogP contribution in [0.4, 0.5) is 0 Å². The van der Waals surface area contributed by atoms with Gasteiger partial charge in [0.1, 0.15) is 0 Å². The number of aryl methyl sites for hydroxylation is 1. The number of aliphatic carboxylic acids is 2. The van der Waals surface area contributed by atoms with Gasteiger partial charge in [-0.15, -0.1) is 0 Å². The number of carbonyl (C=O) groups excluding carboxylic acids is 2. The quantitative estimate of drug-likeness (QED) is 0.362. The molecule has 0 saturated carbocycles. The molecular weight excluding hydrogens is 320 g/mol. The van der Waals surface area contributed by atoms with E-state index in [-0.39, 0.29) is 43.3 Å². The molecular formula is C18H22CaO4. The maximum absolute atomic E-state index is 10.9. The van der Waals surface area contributed by atoms with E-state index in [9.17, 15) is 19.8 Å². The van der Waals surface area contributed by atoms with Crippen LogP contribution in [-0.4, -0.2) is 49.7 Å². The Morgan fingerprint density at radius 3 is 2.04 bits per heavy atom. The minimum absolute atomic E-state index is 0. The summed E-state index contributed by atoms with van der Waals surface area (Å²) >= 11 is 0. The molecule has 0 unspecified atom stereocenters. The van der Waals surface area contributed by atoms with Crippen LogP contribution in [-0.2, 0) is 16.0 Å². The van der Waals surface area contributed by atoms with Crippen LogP contribution in [0, 0.1) is 0 Å². The van der Waals surface area contributed by atoms with E-state index >= 15 is 0 Å². The van der Waals surface area contributed by atoms with Crippen LogP contribution in [0.3, 0.4) is 0 Å². The standard InChI is InChI=1S/C18H24O4.Ca/c1-2-3-4-5-6-7-8-14-9-11-15(12-10-14)16(18(21)22)13-17(19)20;/h9-13H,2-8H2,1H3,(H,19,20)(H,21,22);/q;+2/p-2/b16-13-;. The summed E-state index contributed by atoms with van der Waals surface area (Å²) in [4.78, 5) is 21.5. The van der Waals surface area contributed by atoms with Crippen molar-refractivity contribution < 1.29 is 19.8 Å². The third-order valence-corrected chi connectivity index (χ3v) is 3.57. The molecule has 0 saturated heterocycles. The Bertz CT molecular complexity index is 520. The molecule has 0 aliphatic heterocycles. The molecule has 1 rings (SSSR count). The summed E-state index contributed by atoms with van der Waals surface area (Å²) in [6.45, 7) is 2.19. The van der Waals surface area contributed by atoms with Gasteiger partial charge in [-0.3, -0.25) is 0 Å². The molecule has 0 radical (unpaired) electrons. The van der Waals surface area contributed by atoms with Gasteiger partial charge in [0.05, 0.1) is 11.9 Å². The number of rotatable bonds is 10. The number of unbranched alkanes of at least 4 members (excludes halogenated alkanes) is 5. The van der Waals surface area contributed by atoms with Crippen LogP contribution in [0.25, 0.3) is 5.57 Å². The van der Waals surface area contributed by atoms with Crippen molar-refractivity contribution in [2.24, 2.45) is 0 Å². The van der Waals surface area contributed by atoms with Crippen LogP contribution in [0.15, 0.2) is 30.3 Å². The third-order valence-electron chi connectivity index (χ3n) is 3.57. The van der Waals surface area contributed by atoms with Crippen molar-refractivity contribution in [3.63, 3.8) is 0 Å². The van der Waals surface area contributed by atoms with Gasteiger partial charge >= 0.3 is 37.7 Å². The van der Waals surface area contributed by atoms with E-state index in [1.54, 1.807) is 12.1 Å². The van der Waals surface area contributed by atoms with Crippen molar-refractivity contribution in [3.8, 4) is 0 Å². The molecule has 0 aliphatic rings. The van der Waals surface area contributed by atoms with Gasteiger partial charge in [0.15, 0.2) is 0 Å². The SMILES string of the molecule is CCCCCCCCc1ccc(/C(=C/C(=O)[O-])C(=O)[O-])cc1.[Ca+2]. The molecule has 0 atom stereocenters. The van der Waals surface area contributed by atoms with Gasteiger partial charge in [-0.25, -0.2) is 0 Å². The van der Waals surface area contributed by atoms with Crippen LogP contribution in [0.2, 0.25) is 0 Å². The smallest absolute Gasteiger partial charge is 0.545 e. The summed E-state index contributed by atoms with van der Waals surface area (Å²) in [5.74, 6) is -3.07. The first-order valence-corrected chi connectivity index (χ1v) is 7.78. The maximum atomic E-state index is 10.9. The van der Waals surface area contributed by atoms with Gasteiger partial charge in [-0.1, -0.05) is 63.3 Å². The number of hydrogen-bond acceptors (Lipinski definition) is 4. The van der Waals surface area contributed by atoms with Gasteiger partial charge in [0, 0.05) is 5.57 Å². The summed E-state index contributed by atoms with van der Waals surface area (Å²) in [5.41, 5.74) is 1.06. The minimum Gasteiger partial charge on any atom is -0.545 e. The zero-order valence-corrected chi connectivity index (χ0v) is 15.9. The van der Waals surface area contributed by atoms with E-state index in [1.807, 2.05) is 12.1 Å². The first-order valence-electron chi connectivity index (χ1n) is 7.78. The molecule has 0 N–H and O–H groups in total. The minimum atomic E-state index is -1.55. The normalized spacial score (nSPS) is 10.9. The third kappa shape index (κ3) is 9.14. The molecule has 5 heteroatoms. The number of carbonyl (C=O) groups is 2.